The summed E-state index contributed by atoms with van der Waals surface area (Å²) >= 11 is 0. The first kappa shape index (κ1) is 47.8. The summed E-state index contributed by atoms with van der Waals surface area (Å²) in [6, 6.07) is 0. The molecule has 0 aromatic carbocycles. The predicted octanol–water partition coefficient (Wildman–Crippen LogP) is 9.99. The third kappa shape index (κ3) is 37.1. The van der Waals surface area contributed by atoms with Gasteiger partial charge in [0.1, 0.15) is 6.61 Å². The molecular weight excluding hydrogens is 628 g/mol. The highest BCUT2D eigenvalue weighted by atomic mass is 16.5. The van der Waals surface area contributed by atoms with Gasteiger partial charge in [-0.2, -0.15) is 0 Å². The Hall–Kier alpha value is -2.19. The maximum atomic E-state index is 12.2. The second-order valence-electron chi connectivity index (χ2n) is 14.0. The lowest BCUT2D eigenvalue weighted by molar-refractivity contribution is -0.144. The van der Waals surface area contributed by atoms with Gasteiger partial charge >= 0.3 is 17.9 Å². The molecule has 50 heavy (non-hydrogen) atoms. The zero-order chi connectivity index (χ0) is 36.8. The molecule has 0 saturated heterocycles. The van der Waals surface area contributed by atoms with Crippen molar-refractivity contribution < 1.29 is 28.6 Å². The van der Waals surface area contributed by atoms with Gasteiger partial charge in [0, 0.05) is 13.0 Å². The van der Waals surface area contributed by atoms with Crippen molar-refractivity contribution >= 4 is 17.9 Å². The molecule has 0 N–H and O–H groups in total. The van der Waals surface area contributed by atoms with Crippen LogP contribution in [-0.4, -0.2) is 87.8 Å². The summed E-state index contributed by atoms with van der Waals surface area (Å²) in [7, 11) is 4.04. The van der Waals surface area contributed by atoms with E-state index in [9.17, 15) is 14.4 Å². The SMILES string of the molecule is CCCCC/C=C\CC(=O)OCCCCCCCCN(CCCCCCCCOC(=O)C/C=C\CCCCC)CCOC(=O)CCCN(C)C. The van der Waals surface area contributed by atoms with Crippen LogP contribution < -0.4 is 0 Å². The van der Waals surface area contributed by atoms with E-state index >= 15 is 0 Å². The second kappa shape index (κ2) is 38.1. The van der Waals surface area contributed by atoms with Gasteiger partial charge in [0.05, 0.1) is 26.1 Å². The molecule has 0 amide bonds. The highest BCUT2D eigenvalue weighted by molar-refractivity contribution is 5.71. The molecule has 0 heterocycles. The van der Waals surface area contributed by atoms with Crippen LogP contribution in [0.2, 0.25) is 0 Å². The van der Waals surface area contributed by atoms with Gasteiger partial charge in [0.25, 0.3) is 0 Å². The van der Waals surface area contributed by atoms with E-state index in [2.05, 4.69) is 35.8 Å². The van der Waals surface area contributed by atoms with Gasteiger partial charge in [-0.05, 0) is 91.5 Å². The molecule has 0 unspecified atom stereocenters. The average Bonchev–Trinajstić information content (AvgIpc) is 3.09. The molecule has 0 rings (SSSR count). The van der Waals surface area contributed by atoms with Crippen LogP contribution in [-0.2, 0) is 28.6 Å². The molecule has 0 aliphatic rings. The third-order valence-electron chi connectivity index (χ3n) is 8.77. The molecule has 0 aromatic heterocycles. The highest BCUT2D eigenvalue weighted by Crippen LogP contribution is 2.11. The van der Waals surface area contributed by atoms with Crippen molar-refractivity contribution in [3.8, 4) is 0 Å². The number of allylic oxidation sites excluding steroid dienone is 2. The number of esters is 3. The maximum absolute atomic E-state index is 12.2. The van der Waals surface area contributed by atoms with E-state index in [1.54, 1.807) is 0 Å². The lowest BCUT2D eigenvalue weighted by atomic mass is 10.1. The number of unbranched alkanes of at least 4 members (excludes halogenated alkanes) is 16. The number of ether oxygens (including phenoxy) is 3. The van der Waals surface area contributed by atoms with Crippen LogP contribution in [0.15, 0.2) is 24.3 Å². The molecule has 292 valence electrons. The standard InChI is InChI=1S/C42H78N2O6/c1-5-7-9-11-17-23-30-40(45)48-37-27-21-15-13-19-25-34-44(36-39-50-42(47)32-29-33-43(3)4)35-26-20-14-16-22-28-38-49-41(46)31-24-18-12-10-8-6-2/h17-18,23-24H,5-16,19-22,25-39H2,1-4H3/b23-17-,24-18-. The minimum absolute atomic E-state index is 0.0964. The lowest BCUT2D eigenvalue weighted by Crippen LogP contribution is -2.30. The van der Waals surface area contributed by atoms with Gasteiger partial charge in [-0.3, -0.25) is 19.3 Å². The van der Waals surface area contributed by atoms with Gasteiger partial charge in [0.2, 0.25) is 0 Å². The van der Waals surface area contributed by atoms with Crippen LogP contribution in [0.1, 0.15) is 168 Å². The Morgan fingerprint density at radius 1 is 0.440 bits per heavy atom. The normalized spacial score (nSPS) is 11.7. The minimum Gasteiger partial charge on any atom is -0.465 e. The van der Waals surface area contributed by atoms with E-state index in [0.717, 1.165) is 96.8 Å². The zero-order valence-electron chi connectivity index (χ0n) is 33.1. The van der Waals surface area contributed by atoms with Crippen molar-refractivity contribution in [2.45, 2.75) is 168 Å². The molecule has 0 radical (unpaired) electrons. The van der Waals surface area contributed by atoms with Gasteiger partial charge < -0.3 is 19.1 Å². The first-order valence-corrected chi connectivity index (χ1v) is 20.5. The smallest absolute Gasteiger partial charge is 0.309 e. The molecule has 0 aliphatic heterocycles. The van der Waals surface area contributed by atoms with Crippen molar-refractivity contribution in [2.24, 2.45) is 0 Å². The summed E-state index contributed by atoms with van der Waals surface area (Å²) in [6.45, 7) is 9.64. The van der Waals surface area contributed by atoms with E-state index in [-0.39, 0.29) is 17.9 Å². The Morgan fingerprint density at radius 3 is 1.34 bits per heavy atom. The Bertz CT molecular complexity index is 792. The van der Waals surface area contributed by atoms with Crippen LogP contribution in [0.25, 0.3) is 0 Å². The van der Waals surface area contributed by atoms with Crippen molar-refractivity contribution in [3.63, 3.8) is 0 Å². The molecule has 0 spiro atoms. The molecule has 0 fully saturated rings. The number of nitrogens with zero attached hydrogens (tertiary/aromatic N) is 2. The fourth-order valence-electron chi connectivity index (χ4n) is 5.63. The summed E-state index contributed by atoms with van der Waals surface area (Å²) < 4.78 is 16.3. The number of carbonyl (C=O) groups excluding carboxylic acids is 3. The predicted molar refractivity (Wildman–Crippen MR) is 208 cm³/mol. The molecule has 0 aliphatic carbocycles. The van der Waals surface area contributed by atoms with Crippen LogP contribution in [0, 0.1) is 0 Å². The topological polar surface area (TPSA) is 85.4 Å². The Morgan fingerprint density at radius 2 is 0.880 bits per heavy atom. The molecule has 0 saturated carbocycles. The monoisotopic (exact) mass is 707 g/mol. The Balaban J connectivity index is 4.12. The highest BCUT2D eigenvalue weighted by Gasteiger charge is 2.09. The number of hydrogen-bond acceptors (Lipinski definition) is 8. The lowest BCUT2D eigenvalue weighted by Gasteiger charge is -2.22. The average molecular weight is 707 g/mol. The van der Waals surface area contributed by atoms with E-state index in [1.807, 2.05) is 26.2 Å². The Labute approximate surface area is 308 Å². The first-order chi connectivity index (χ1) is 24.4. The molecule has 8 heteroatoms. The van der Waals surface area contributed by atoms with Crippen molar-refractivity contribution in [1.29, 1.82) is 0 Å². The quantitative estimate of drug-likeness (QED) is 0.0273. The fourth-order valence-corrected chi connectivity index (χ4v) is 5.63. The maximum Gasteiger partial charge on any atom is 0.309 e. The Kier molecular flexibility index (Phi) is 36.4. The summed E-state index contributed by atoms with van der Waals surface area (Å²) in [5.41, 5.74) is 0. The first-order valence-electron chi connectivity index (χ1n) is 20.5. The minimum atomic E-state index is -0.120. The van der Waals surface area contributed by atoms with E-state index < -0.39 is 0 Å². The van der Waals surface area contributed by atoms with Crippen molar-refractivity contribution in [3.05, 3.63) is 24.3 Å². The molecule has 0 atom stereocenters. The molecule has 8 nitrogen and oxygen atoms in total. The van der Waals surface area contributed by atoms with E-state index in [1.165, 1.54) is 64.2 Å². The van der Waals surface area contributed by atoms with Crippen LogP contribution >= 0.6 is 0 Å². The summed E-state index contributed by atoms with van der Waals surface area (Å²) in [6.07, 6.45) is 32.9. The van der Waals surface area contributed by atoms with E-state index in [0.29, 0.717) is 39.1 Å². The summed E-state index contributed by atoms with van der Waals surface area (Å²) in [5, 5.41) is 0. The van der Waals surface area contributed by atoms with Gasteiger partial charge in [-0.1, -0.05) is 115 Å². The van der Waals surface area contributed by atoms with Crippen LogP contribution in [0.5, 0.6) is 0 Å². The van der Waals surface area contributed by atoms with Gasteiger partial charge in [-0.25, -0.2) is 0 Å². The van der Waals surface area contributed by atoms with Crippen molar-refractivity contribution in [2.75, 3.05) is 60.1 Å². The second-order valence-corrected chi connectivity index (χ2v) is 14.0. The van der Waals surface area contributed by atoms with Crippen molar-refractivity contribution in [1.82, 2.24) is 9.80 Å². The number of hydrogen-bond donors (Lipinski definition) is 0. The number of rotatable bonds is 37. The van der Waals surface area contributed by atoms with Gasteiger partial charge in [-0.15, -0.1) is 0 Å². The number of carbonyl (C=O) groups is 3. The van der Waals surface area contributed by atoms with Crippen LogP contribution in [0.3, 0.4) is 0 Å². The van der Waals surface area contributed by atoms with Crippen LogP contribution in [0.4, 0.5) is 0 Å². The molecule has 0 bridgehead atoms. The summed E-state index contributed by atoms with van der Waals surface area (Å²) in [5.74, 6) is -0.336. The molecule has 0 aromatic rings. The third-order valence-corrected chi connectivity index (χ3v) is 8.77. The summed E-state index contributed by atoms with van der Waals surface area (Å²) in [4.78, 5) is 40.4. The fraction of sp³-hybridized carbons (Fsp3) is 0.833. The van der Waals surface area contributed by atoms with Gasteiger partial charge in [0.15, 0.2) is 0 Å². The van der Waals surface area contributed by atoms with E-state index in [4.69, 9.17) is 14.2 Å². The molecular formula is C42H78N2O6. The largest absolute Gasteiger partial charge is 0.465 e. The zero-order valence-corrected chi connectivity index (χ0v) is 33.1.